The van der Waals surface area contributed by atoms with E-state index in [1.165, 1.54) is 0 Å². The van der Waals surface area contributed by atoms with Crippen LogP contribution in [0.1, 0.15) is 0 Å². The van der Waals surface area contributed by atoms with E-state index in [0.717, 1.165) is 18.1 Å². The molecular weight excluding hydrogens is 232 g/mol. The lowest BCUT2D eigenvalue weighted by Crippen LogP contribution is -2.07. The lowest BCUT2D eigenvalue weighted by Gasteiger charge is -2.01. The molecule has 0 saturated heterocycles. The fraction of sp³-hybridized carbons (Fsp3) is 0.857. The van der Waals surface area contributed by atoms with Gasteiger partial charge >= 0.3 is 5.97 Å². The van der Waals surface area contributed by atoms with Gasteiger partial charge in [-0.2, -0.15) is 0 Å². The Morgan fingerprint density at radius 3 is 2.46 bits per heavy atom. The second-order valence-electron chi connectivity index (χ2n) is 1.99. The van der Waals surface area contributed by atoms with Gasteiger partial charge in [-0.25, -0.2) is 0 Å². The summed E-state index contributed by atoms with van der Waals surface area (Å²) in [5.41, 5.74) is 0. The van der Waals surface area contributed by atoms with Gasteiger partial charge in [0, 0.05) is 18.6 Å². The van der Waals surface area contributed by atoms with Crippen molar-refractivity contribution < 1.29 is 14.3 Å². The lowest BCUT2D eigenvalue weighted by atomic mass is 10.8. The van der Waals surface area contributed by atoms with Gasteiger partial charge in [0.25, 0.3) is 0 Å². The van der Waals surface area contributed by atoms with Gasteiger partial charge in [-0.1, -0.05) is 21.6 Å². The largest absolute Gasteiger partial charge is 0.464 e. The van der Waals surface area contributed by atoms with E-state index in [9.17, 15) is 4.79 Å². The van der Waals surface area contributed by atoms with Crippen molar-refractivity contribution in [1.29, 1.82) is 0 Å². The maximum absolute atomic E-state index is 10.6. The number of esters is 1. The van der Waals surface area contributed by atoms with Crippen molar-refractivity contribution in [3.8, 4) is 0 Å². The van der Waals surface area contributed by atoms with Gasteiger partial charge in [0.05, 0.1) is 6.61 Å². The predicted octanol–water partition coefficient (Wildman–Crippen LogP) is 1.80. The summed E-state index contributed by atoms with van der Waals surface area (Å²) in [7, 11) is 5.04. The molecule has 0 amide bonds. The van der Waals surface area contributed by atoms with Gasteiger partial charge in [-0.3, -0.25) is 4.79 Å². The number of carbonyl (C=O) groups excluding carboxylic acids is 1. The van der Waals surface area contributed by atoms with Gasteiger partial charge in [0.15, 0.2) is 0 Å². The smallest absolute Gasteiger partial charge is 0.320 e. The van der Waals surface area contributed by atoms with Crippen LogP contribution in [0.15, 0.2) is 0 Å². The summed E-state index contributed by atoms with van der Waals surface area (Å²) in [5.74, 6) is 1.31. The zero-order chi connectivity index (χ0) is 9.94. The fourth-order valence-corrected chi connectivity index (χ4v) is 2.28. The maximum atomic E-state index is 10.6. The maximum Gasteiger partial charge on any atom is 0.320 e. The third-order valence-corrected chi connectivity index (χ3v) is 3.54. The van der Waals surface area contributed by atoms with E-state index >= 15 is 0 Å². The first-order valence-electron chi connectivity index (χ1n) is 3.76. The number of halogens is 1. The van der Waals surface area contributed by atoms with Gasteiger partial charge < -0.3 is 9.47 Å². The van der Waals surface area contributed by atoms with E-state index in [4.69, 9.17) is 21.1 Å². The number of ether oxygens (including phenoxy) is 2. The third kappa shape index (κ3) is 10.3. The Hall–Kier alpha value is 0.420. The molecule has 0 aliphatic heterocycles. The minimum absolute atomic E-state index is 0.0680. The first-order chi connectivity index (χ1) is 6.31. The molecule has 0 aromatic rings. The molecule has 0 spiro atoms. The monoisotopic (exact) mass is 244 g/mol. The highest BCUT2D eigenvalue weighted by atomic mass is 35.5. The van der Waals surface area contributed by atoms with Crippen LogP contribution in [0, 0.1) is 0 Å². The number of rotatable bonds is 8. The van der Waals surface area contributed by atoms with E-state index in [-0.39, 0.29) is 11.8 Å². The molecule has 13 heavy (non-hydrogen) atoms. The zero-order valence-corrected chi connectivity index (χ0v) is 9.84. The molecule has 78 valence electrons. The number of carbonyl (C=O) groups is 1. The number of alkyl halides is 1. The average molecular weight is 245 g/mol. The topological polar surface area (TPSA) is 35.5 Å². The highest BCUT2D eigenvalue weighted by molar-refractivity contribution is 8.76. The SMILES string of the molecule is COCCSSCCOC(=O)CCl. The molecule has 0 unspecified atom stereocenters. The van der Waals surface area contributed by atoms with Crippen LogP contribution < -0.4 is 0 Å². The molecule has 0 bridgehead atoms. The Morgan fingerprint density at radius 1 is 1.31 bits per heavy atom. The molecule has 0 rings (SSSR count). The first-order valence-corrected chi connectivity index (χ1v) is 6.78. The molecule has 6 heteroatoms. The van der Waals surface area contributed by atoms with Crippen LogP contribution in [0.4, 0.5) is 0 Å². The van der Waals surface area contributed by atoms with E-state index in [1.54, 1.807) is 28.7 Å². The average Bonchev–Trinajstić information content (AvgIpc) is 2.16. The van der Waals surface area contributed by atoms with Crippen molar-refractivity contribution >= 4 is 39.2 Å². The summed E-state index contributed by atoms with van der Waals surface area (Å²) in [4.78, 5) is 10.6. The van der Waals surface area contributed by atoms with Crippen LogP contribution in [0.2, 0.25) is 0 Å². The minimum atomic E-state index is -0.357. The van der Waals surface area contributed by atoms with Crippen molar-refractivity contribution in [3.63, 3.8) is 0 Å². The first kappa shape index (κ1) is 13.4. The summed E-state index contributed by atoms with van der Waals surface area (Å²) >= 11 is 5.23. The van der Waals surface area contributed by atoms with E-state index in [1.807, 2.05) is 0 Å². The molecule has 0 aliphatic carbocycles. The van der Waals surface area contributed by atoms with E-state index < -0.39 is 0 Å². The highest BCUT2D eigenvalue weighted by Gasteiger charge is 1.98. The summed E-state index contributed by atoms with van der Waals surface area (Å²) in [6.45, 7) is 1.18. The molecule has 0 aliphatic rings. The van der Waals surface area contributed by atoms with Crippen LogP contribution in [-0.4, -0.2) is 43.7 Å². The summed E-state index contributed by atoms with van der Waals surface area (Å²) in [6, 6.07) is 0. The molecule has 0 aromatic heterocycles. The van der Waals surface area contributed by atoms with Gasteiger partial charge in [0.2, 0.25) is 0 Å². The second-order valence-corrected chi connectivity index (χ2v) is 4.96. The van der Waals surface area contributed by atoms with Crippen molar-refractivity contribution in [1.82, 2.24) is 0 Å². The third-order valence-electron chi connectivity index (χ3n) is 0.993. The molecule has 3 nitrogen and oxygen atoms in total. The summed E-state index contributed by atoms with van der Waals surface area (Å²) in [6.07, 6.45) is 0. The number of hydrogen-bond donors (Lipinski definition) is 0. The highest BCUT2D eigenvalue weighted by Crippen LogP contribution is 2.19. The van der Waals surface area contributed by atoms with Crippen LogP contribution in [0.3, 0.4) is 0 Å². The second kappa shape index (κ2) is 10.5. The summed E-state index contributed by atoms with van der Waals surface area (Å²) in [5, 5.41) is 0. The zero-order valence-electron chi connectivity index (χ0n) is 7.45. The van der Waals surface area contributed by atoms with Gasteiger partial charge in [-0.15, -0.1) is 11.6 Å². The minimum Gasteiger partial charge on any atom is -0.464 e. The van der Waals surface area contributed by atoms with Gasteiger partial charge in [-0.05, 0) is 0 Å². The predicted molar refractivity (Wildman–Crippen MR) is 58.5 cm³/mol. The molecule has 0 N–H and O–H groups in total. The van der Waals surface area contributed by atoms with Crippen LogP contribution in [-0.2, 0) is 14.3 Å². The molecular formula is C7H13ClO3S2. The Balaban J connectivity index is 2.95. The Kier molecular flexibility index (Phi) is 10.8. The standard InChI is InChI=1S/C7H13ClO3S2/c1-10-2-4-12-13-5-3-11-7(9)6-8/h2-6H2,1H3. The summed E-state index contributed by atoms with van der Waals surface area (Å²) < 4.78 is 9.63. The number of hydrogen-bond acceptors (Lipinski definition) is 5. The Morgan fingerprint density at radius 2 is 1.92 bits per heavy atom. The molecule has 0 radical (unpaired) electrons. The number of methoxy groups -OCH3 is 1. The van der Waals surface area contributed by atoms with Crippen molar-refractivity contribution in [2.75, 3.05) is 37.7 Å². The van der Waals surface area contributed by atoms with Crippen LogP contribution in [0.5, 0.6) is 0 Å². The molecule has 0 atom stereocenters. The lowest BCUT2D eigenvalue weighted by molar-refractivity contribution is -0.139. The van der Waals surface area contributed by atoms with Crippen LogP contribution in [0.25, 0.3) is 0 Å². The molecule has 0 heterocycles. The fourth-order valence-electron chi connectivity index (χ4n) is 0.463. The normalized spacial score (nSPS) is 10.0. The van der Waals surface area contributed by atoms with E-state index in [0.29, 0.717) is 6.61 Å². The quantitative estimate of drug-likeness (QED) is 0.282. The van der Waals surface area contributed by atoms with Gasteiger partial charge in [0.1, 0.15) is 12.5 Å². The van der Waals surface area contributed by atoms with Crippen molar-refractivity contribution in [3.05, 3.63) is 0 Å². The molecule has 0 fully saturated rings. The Bertz CT molecular complexity index is 135. The van der Waals surface area contributed by atoms with Crippen LogP contribution >= 0.6 is 33.2 Å². The van der Waals surface area contributed by atoms with Crippen molar-refractivity contribution in [2.45, 2.75) is 0 Å². The Labute approximate surface area is 91.3 Å². The van der Waals surface area contributed by atoms with Crippen molar-refractivity contribution in [2.24, 2.45) is 0 Å². The molecule has 0 saturated carbocycles. The van der Waals surface area contributed by atoms with E-state index in [2.05, 4.69) is 0 Å². The molecule has 0 aromatic carbocycles.